The molecule has 1 aromatic carbocycles. The third-order valence-electron chi connectivity index (χ3n) is 3.48. The van der Waals surface area contributed by atoms with Crippen LogP contribution < -0.4 is 15.5 Å². The lowest BCUT2D eigenvalue weighted by Crippen LogP contribution is -2.58. The van der Waals surface area contributed by atoms with Crippen LogP contribution in [0.25, 0.3) is 0 Å². The molecule has 0 spiro atoms. The fourth-order valence-corrected chi connectivity index (χ4v) is 2.27. The molecule has 2 amide bonds. The van der Waals surface area contributed by atoms with Gasteiger partial charge in [0.2, 0.25) is 0 Å². The van der Waals surface area contributed by atoms with Gasteiger partial charge in [-0.1, -0.05) is 24.3 Å². The zero-order valence-corrected chi connectivity index (χ0v) is 11.4. The number of urea groups is 1. The van der Waals surface area contributed by atoms with Crippen molar-refractivity contribution >= 4 is 18.0 Å². The van der Waals surface area contributed by atoms with Crippen molar-refractivity contribution < 1.29 is 24.6 Å². The van der Waals surface area contributed by atoms with E-state index < -0.39 is 30.1 Å². The Morgan fingerprint density at radius 2 is 1.86 bits per heavy atom. The normalized spacial score (nSPS) is 18.5. The zero-order chi connectivity index (χ0) is 15.6. The summed E-state index contributed by atoms with van der Waals surface area (Å²) in [7, 11) is 0. The lowest BCUT2D eigenvalue weighted by Gasteiger charge is -2.38. The molecule has 2 atom stereocenters. The highest BCUT2D eigenvalue weighted by molar-refractivity contribution is 5.85. The first kappa shape index (κ1) is 14.8. The number of carbonyl (C=O) groups is 3. The number of fused-ring (bicyclic) bond motifs is 1. The summed E-state index contributed by atoms with van der Waals surface area (Å²) >= 11 is 0. The second kappa shape index (κ2) is 5.82. The Morgan fingerprint density at radius 3 is 2.43 bits per heavy atom. The Labute approximate surface area is 121 Å². The van der Waals surface area contributed by atoms with Gasteiger partial charge in [-0.15, -0.1) is 0 Å². The maximum absolute atomic E-state index is 12.1. The van der Waals surface area contributed by atoms with Gasteiger partial charge in [-0.2, -0.15) is 0 Å². The fourth-order valence-electron chi connectivity index (χ4n) is 2.27. The van der Waals surface area contributed by atoms with Crippen LogP contribution in [0.5, 0.6) is 0 Å². The molecule has 0 aliphatic carbocycles. The van der Waals surface area contributed by atoms with Crippen molar-refractivity contribution in [3.63, 3.8) is 0 Å². The highest BCUT2D eigenvalue weighted by Crippen LogP contribution is 2.23. The number of carboxylic acid groups (broad SMARTS) is 2. The molecule has 7 heteroatoms. The summed E-state index contributed by atoms with van der Waals surface area (Å²) < 4.78 is 0. The monoisotopic (exact) mass is 290 g/mol. The molecule has 1 aliphatic heterocycles. The maximum Gasteiger partial charge on any atom is 0.318 e. The molecular formula is C14H14N2O5-2. The van der Waals surface area contributed by atoms with E-state index in [4.69, 9.17) is 0 Å². The van der Waals surface area contributed by atoms with Crippen LogP contribution in [0.15, 0.2) is 24.3 Å². The van der Waals surface area contributed by atoms with Crippen molar-refractivity contribution in [2.24, 2.45) is 0 Å². The van der Waals surface area contributed by atoms with Crippen LogP contribution in [0.2, 0.25) is 0 Å². The van der Waals surface area contributed by atoms with Crippen molar-refractivity contribution in [2.75, 3.05) is 0 Å². The van der Waals surface area contributed by atoms with Gasteiger partial charge in [-0.05, 0) is 24.5 Å². The van der Waals surface area contributed by atoms with Crippen molar-refractivity contribution in [1.82, 2.24) is 10.2 Å². The predicted octanol–water partition coefficient (Wildman–Crippen LogP) is -1.99. The molecule has 1 aliphatic rings. The van der Waals surface area contributed by atoms with Gasteiger partial charge in [-0.3, -0.25) is 0 Å². The Bertz CT molecular complexity index is 586. The number of hydrogen-bond acceptors (Lipinski definition) is 5. The van der Waals surface area contributed by atoms with Gasteiger partial charge in [0.25, 0.3) is 0 Å². The summed E-state index contributed by atoms with van der Waals surface area (Å²) in [5, 5.41) is 24.1. The smallest absolute Gasteiger partial charge is 0.318 e. The van der Waals surface area contributed by atoms with E-state index in [0.717, 1.165) is 16.0 Å². The van der Waals surface area contributed by atoms with Crippen LogP contribution in [-0.4, -0.2) is 35.0 Å². The van der Waals surface area contributed by atoms with E-state index in [0.29, 0.717) is 0 Å². The van der Waals surface area contributed by atoms with Crippen LogP contribution in [0.3, 0.4) is 0 Å². The summed E-state index contributed by atoms with van der Waals surface area (Å²) in [6, 6.07) is 4.06. The van der Waals surface area contributed by atoms with Crippen molar-refractivity contribution in [1.29, 1.82) is 0 Å². The lowest BCUT2D eigenvalue weighted by atomic mass is 9.94. The van der Waals surface area contributed by atoms with E-state index in [1.54, 1.807) is 24.3 Å². The van der Waals surface area contributed by atoms with Gasteiger partial charge in [0, 0.05) is 6.54 Å². The average molecular weight is 290 g/mol. The van der Waals surface area contributed by atoms with Gasteiger partial charge in [0.15, 0.2) is 0 Å². The Kier molecular flexibility index (Phi) is 4.11. The van der Waals surface area contributed by atoms with E-state index >= 15 is 0 Å². The molecule has 1 heterocycles. The Balaban J connectivity index is 2.22. The highest BCUT2D eigenvalue weighted by atomic mass is 16.4. The fraction of sp³-hybridized carbons (Fsp3) is 0.357. The number of aliphatic carboxylic acids is 2. The second-order valence-corrected chi connectivity index (χ2v) is 4.93. The maximum atomic E-state index is 12.1. The molecule has 21 heavy (non-hydrogen) atoms. The van der Waals surface area contributed by atoms with Gasteiger partial charge in [0.1, 0.15) is 0 Å². The van der Waals surface area contributed by atoms with Gasteiger partial charge in [-0.25, -0.2) is 4.79 Å². The standard InChI is InChI=1S/C14H16N2O5/c1-8(12(17)18)15-14(21)16-7-10-5-3-2-4-9(10)6-11(16)13(19)20/h2-5,8,11H,6-7H2,1H3,(H,15,21)(H,17,18)(H,19,20)/p-2/t8-,11+/m1/s1. The van der Waals surface area contributed by atoms with E-state index in [-0.39, 0.29) is 13.0 Å². The summed E-state index contributed by atoms with van der Waals surface area (Å²) in [6.07, 6.45) is 0.131. The van der Waals surface area contributed by atoms with Gasteiger partial charge < -0.3 is 30.0 Å². The molecule has 0 saturated heterocycles. The number of rotatable bonds is 3. The van der Waals surface area contributed by atoms with Crippen molar-refractivity contribution in [3.05, 3.63) is 35.4 Å². The number of carbonyl (C=O) groups excluding carboxylic acids is 3. The predicted molar refractivity (Wildman–Crippen MR) is 67.5 cm³/mol. The molecule has 2 rings (SSSR count). The zero-order valence-electron chi connectivity index (χ0n) is 11.4. The minimum absolute atomic E-state index is 0.0838. The topological polar surface area (TPSA) is 113 Å². The summed E-state index contributed by atoms with van der Waals surface area (Å²) in [5.74, 6) is -2.81. The first-order valence-electron chi connectivity index (χ1n) is 6.45. The number of hydrogen-bond donors (Lipinski definition) is 1. The Hall–Kier alpha value is -2.57. The molecule has 112 valence electrons. The van der Waals surface area contributed by atoms with Crippen LogP contribution >= 0.6 is 0 Å². The average Bonchev–Trinajstić information content (AvgIpc) is 2.45. The molecule has 1 aromatic rings. The third-order valence-corrected chi connectivity index (χ3v) is 3.48. The molecule has 0 unspecified atom stereocenters. The number of nitrogens with one attached hydrogen (secondary N) is 1. The minimum atomic E-state index is -1.44. The summed E-state index contributed by atoms with van der Waals surface area (Å²) in [6.45, 7) is 1.33. The number of amides is 2. The van der Waals surface area contributed by atoms with Crippen LogP contribution in [0.1, 0.15) is 18.1 Å². The minimum Gasteiger partial charge on any atom is -0.548 e. The molecular weight excluding hydrogens is 276 g/mol. The first-order chi connectivity index (χ1) is 9.90. The quantitative estimate of drug-likeness (QED) is 0.692. The highest BCUT2D eigenvalue weighted by Gasteiger charge is 2.31. The van der Waals surface area contributed by atoms with E-state index in [2.05, 4.69) is 5.32 Å². The SMILES string of the molecule is C[C@@H](NC(=O)N1Cc2ccccc2C[C@H]1C(=O)[O-])C(=O)[O-]. The van der Waals surface area contributed by atoms with Crippen molar-refractivity contribution in [3.8, 4) is 0 Å². The van der Waals surface area contributed by atoms with Gasteiger partial charge in [0.05, 0.1) is 24.0 Å². The second-order valence-electron chi connectivity index (χ2n) is 4.93. The molecule has 7 nitrogen and oxygen atoms in total. The van der Waals surface area contributed by atoms with Crippen LogP contribution in [-0.2, 0) is 22.6 Å². The van der Waals surface area contributed by atoms with E-state index in [1.807, 2.05) is 0 Å². The van der Waals surface area contributed by atoms with Crippen LogP contribution in [0.4, 0.5) is 4.79 Å². The Morgan fingerprint density at radius 1 is 1.24 bits per heavy atom. The first-order valence-corrected chi connectivity index (χ1v) is 6.45. The lowest BCUT2D eigenvalue weighted by molar-refractivity contribution is -0.311. The molecule has 0 saturated carbocycles. The third kappa shape index (κ3) is 3.13. The van der Waals surface area contributed by atoms with Gasteiger partial charge >= 0.3 is 6.03 Å². The molecule has 1 N–H and O–H groups in total. The molecule has 0 radical (unpaired) electrons. The number of benzene rings is 1. The molecule has 0 aromatic heterocycles. The molecule has 0 bridgehead atoms. The number of carboxylic acids is 2. The van der Waals surface area contributed by atoms with Crippen molar-refractivity contribution in [2.45, 2.75) is 32.0 Å². The summed E-state index contributed by atoms with van der Waals surface area (Å²) in [4.78, 5) is 35.0. The molecule has 0 fully saturated rings. The summed E-state index contributed by atoms with van der Waals surface area (Å²) in [5.41, 5.74) is 1.66. The van der Waals surface area contributed by atoms with E-state index in [1.165, 1.54) is 6.92 Å². The number of nitrogens with zero attached hydrogens (tertiary/aromatic N) is 1. The van der Waals surface area contributed by atoms with Crippen LogP contribution in [0, 0.1) is 0 Å². The largest absolute Gasteiger partial charge is 0.548 e. The van der Waals surface area contributed by atoms with E-state index in [9.17, 15) is 24.6 Å².